The van der Waals surface area contributed by atoms with Crippen molar-refractivity contribution in [3.63, 3.8) is 0 Å². The summed E-state index contributed by atoms with van der Waals surface area (Å²) in [5, 5.41) is 4.28. The van der Waals surface area contributed by atoms with Gasteiger partial charge in [0.25, 0.3) is 0 Å². The summed E-state index contributed by atoms with van der Waals surface area (Å²) in [5.74, 6) is 1.92. The maximum atomic E-state index is 12.4. The van der Waals surface area contributed by atoms with Crippen LogP contribution in [0.25, 0.3) is 10.9 Å². The van der Waals surface area contributed by atoms with Crippen LogP contribution < -0.4 is 5.32 Å². The van der Waals surface area contributed by atoms with Gasteiger partial charge < -0.3 is 10.3 Å². The number of H-pyrrole nitrogens is 1. The molecule has 3 nitrogen and oxygen atoms in total. The van der Waals surface area contributed by atoms with Crippen LogP contribution in [-0.4, -0.2) is 10.9 Å². The van der Waals surface area contributed by atoms with E-state index < -0.39 is 0 Å². The van der Waals surface area contributed by atoms with Gasteiger partial charge in [0.15, 0.2) is 0 Å². The molecular weight excluding hydrogens is 248 g/mol. The third kappa shape index (κ3) is 1.92. The first-order valence-corrected chi connectivity index (χ1v) is 7.59. The molecule has 0 saturated heterocycles. The van der Waals surface area contributed by atoms with Crippen LogP contribution in [0.15, 0.2) is 24.3 Å². The number of hydrogen-bond acceptors (Lipinski definition) is 1. The number of aryl methyl sites for hydroxylation is 1. The molecule has 2 saturated carbocycles. The van der Waals surface area contributed by atoms with Crippen LogP contribution in [0.3, 0.4) is 0 Å². The molecule has 1 aromatic heterocycles. The van der Waals surface area contributed by atoms with Crippen molar-refractivity contribution >= 4 is 22.5 Å². The zero-order chi connectivity index (χ0) is 13.7. The van der Waals surface area contributed by atoms with Gasteiger partial charge in [-0.3, -0.25) is 4.79 Å². The molecule has 0 aliphatic heterocycles. The van der Waals surface area contributed by atoms with E-state index in [0.29, 0.717) is 5.92 Å². The summed E-state index contributed by atoms with van der Waals surface area (Å²) in [6.45, 7) is 2.05. The first-order valence-electron chi connectivity index (χ1n) is 7.59. The van der Waals surface area contributed by atoms with E-state index in [1.807, 2.05) is 19.1 Å². The minimum Gasteiger partial charge on any atom is -0.359 e. The molecule has 2 bridgehead atoms. The SMILES string of the molecule is Cc1cc2cc(NC(=O)C3CC4CCC3C4)ccc2[nH]1. The molecule has 2 fully saturated rings. The number of benzene rings is 1. The number of nitrogens with one attached hydrogen (secondary N) is 2. The van der Waals surface area contributed by atoms with Crippen molar-refractivity contribution in [3.05, 3.63) is 30.0 Å². The number of carbonyl (C=O) groups is 1. The zero-order valence-electron chi connectivity index (χ0n) is 11.8. The number of aromatic nitrogens is 1. The third-order valence-electron chi connectivity index (χ3n) is 5.10. The quantitative estimate of drug-likeness (QED) is 0.853. The van der Waals surface area contributed by atoms with E-state index in [1.165, 1.54) is 19.3 Å². The Labute approximate surface area is 118 Å². The molecular formula is C17H20N2O. The second kappa shape index (κ2) is 4.37. The van der Waals surface area contributed by atoms with Crippen molar-refractivity contribution in [1.29, 1.82) is 0 Å². The number of anilines is 1. The first kappa shape index (κ1) is 12.0. The molecule has 3 heteroatoms. The summed E-state index contributed by atoms with van der Waals surface area (Å²) < 4.78 is 0. The van der Waals surface area contributed by atoms with E-state index in [0.717, 1.165) is 34.6 Å². The Balaban J connectivity index is 1.53. The molecule has 2 aliphatic carbocycles. The molecule has 0 radical (unpaired) electrons. The van der Waals surface area contributed by atoms with Crippen LogP contribution in [0.4, 0.5) is 5.69 Å². The van der Waals surface area contributed by atoms with Crippen molar-refractivity contribution in [2.24, 2.45) is 17.8 Å². The Bertz CT molecular complexity index is 673. The maximum Gasteiger partial charge on any atom is 0.227 e. The third-order valence-corrected chi connectivity index (χ3v) is 5.10. The van der Waals surface area contributed by atoms with Crippen molar-refractivity contribution in [2.75, 3.05) is 5.32 Å². The second-order valence-corrected chi connectivity index (χ2v) is 6.52. The molecule has 104 valence electrons. The number of fused-ring (bicyclic) bond motifs is 3. The summed E-state index contributed by atoms with van der Waals surface area (Å²) >= 11 is 0. The van der Waals surface area contributed by atoms with Gasteiger partial charge in [-0.1, -0.05) is 6.42 Å². The van der Waals surface area contributed by atoms with Crippen LogP contribution in [0.2, 0.25) is 0 Å². The predicted octanol–water partition coefficient (Wildman–Crippen LogP) is 3.85. The lowest BCUT2D eigenvalue weighted by molar-refractivity contribution is -0.121. The standard InChI is InChI=1S/C17H20N2O/c1-10-6-13-9-14(4-5-16(13)18-10)19-17(20)15-8-11-2-3-12(15)7-11/h4-6,9,11-12,15,18H,2-3,7-8H2,1H3,(H,19,20). The van der Waals surface area contributed by atoms with E-state index in [2.05, 4.69) is 22.4 Å². The molecule has 1 amide bonds. The minimum atomic E-state index is 0.226. The summed E-state index contributed by atoms with van der Waals surface area (Å²) in [6.07, 6.45) is 4.96. The highest BCUT2D eigenvalue weighted by atomic mass is 16.1. The first-order chi connectivity index (χ1) is 9.69. The molecule has 4 rings (SSSR count). The van der Waals surface area contributed by atoms with Gasteiger partial charge in [-0.05, 0) is 62.3 Å². The van der Waals surface area contributed by atoms with E-state index in [-0.39, 0.29) is 11.8 Å². The van der Waals surface area contributed by atoms with Gasteiger partial charge in [0.05, 0.1) is 0 Å². The van der Waals surface area contributed by atoms with E-state index >= 15 is 0 Å². The number of amides is 1. The zero-order valence-corrected chi connectivity index (χ0v) is 11.8. The highest BCUT2D eigenvalue weighted by Gasteiger charge is 2.42. The smallest absolute Gasteiger partial charge is 0.227 e. The van der Waals surface area contributed by atoms with Crippen molar-refractivity contribution in [3.8, 4) is 0 Å². The lowest BCUT2D eigenvalue weighted by Gasteiger charge is -2.20. The molecule has 1 heterocycles. The molecule has 1 aromatic carbocycles. The Morgan fingerprint density at radius 1 is 1.25 bits per heavy atom. The molecule has 20 heavy (non-hydrogen) atoms. The second-order valence-electron chi connectivity index (χ2n) is 6.52. The van der Waals surface area contributed by atoms with E-state index in [1.54, 1.807) is 0 Å². The average Bonchev–Trinajstić information content (AvgIpc) is 3.11. The largest absolute Gasteiger partial charge is 0.359 e. The normalized spacial score (nSPS) is 28.1. The van der Waals surface area contributed by atoms with Gasteiger partial charge in [-0.15, -0.1) is 0 Å². The number of hydrogen-bond donors (Lipinski definition) is 2. The number of aromatic amines is 1. The predicted molar refractivity (Wildman–Crippen MR) is 80.6 cm³/mol. The van der Waals surface area contributed by atoms with Crippen molar-refractivity contribution < 1.29 is 4.79 Å². The molecule has 2 N–H and O–H groups in total. The van der Waals surface area contributed by atoms with Crippen LogP contribution in [0, 0.1) is 24.7 Å². The molecule has 2 aliphatic rings. The lowest BCUT2D eigenvalue weighted by Crippen LogP contribution is -2.27. The Hall–Kier alpha value is -1.77. The van der Waals surface area contributed by atoms with Gasteiger partial charge in [0.2, 0.25) is 5.91 Å². The molecule has 3 unspecified atom stereocenters. The van der Waals surface area contributed by atoms with Crippen molar-refractivity contribution in [1.82, 2.24) is 4.98 Å². The maximum absolute atomic E-state index is 12.4. The summed E-state index contributed by atoms with van der Waals surface area (Å²) in [4.78, 5) is 15.7. The van der Waals surface area contributed by atoms with Crippen molar-refractivity contribution in [2.45, 2.75) is 32.6 Å². The van der Waals surface area contributed by atoms with Gasteiger partial charge >= 0.3 is 0 Å². The van der Waals surface area contributed by atoms with Crippen LogP contribution >= 0.6 is 0 Å². The monoisotopic (exact) mass is 268 g/mol. The van der Waals surface area contributed by atoms with E-state index in [9.17, 15) is 4.79 Å². The highest BCUT2D eigenvalue weighted by molar-refractivity contribution is 5.95. The summed E-state index contributed by atoms with van der Waals surface area (Å²) in [6, 6.07) is 8.20. The summed E-state index contributed by atoms with van der Waals surface area (Å²) in [7, 11) is 0. The Morgan fingerprint density at radius 3 is 2.90 bits per heavy atom. The number of rotatable bonds is 2. The van der Waals surface area contributed by atoms with Gasteiger partial charge in [-0.2, -0.15) is 0 Å². The fraction of sp³-hybridized carbons (Fsp3) is 0.471. The summed E-state index contributed by atoms with van der Waals surface area (Å²) in [5.41, 5.74) is 3.20. The van der Waals surface area contributed by atoms with Crippen LogP contribution in [-0.2, 0) is 4.79 Å². The fourth-order valence-corrected chi connectivity index (χ4v) is 4.16. The average molecular weight is 268 g/mol. The minimum absolute atomic E-state index is 0.226. The molecule has 0 spiro atoms. The Morgan fingerprint density at radius 2 is 2.15 bits per heavy atom. The molecule has 3 atom stereocenters. The number of carbonyl (C=O) groups excluding carboxylic acids is 1. The van der Waals surface area contributed by atoms with Crippen LogP contribution in [0.1, 0.15) is 31.4 Å². The molecule has 2 aromatic rings. The van der Waals surface area contributed by atoms with Gasteiger partial charge in [-0.25, -0.2) is 0 Å². The van der Waals surface area contributed by atoms with Gasteiger partial charge in [0.1, 0.15) is 0 Å². The van der Waals surface area contributed by atoms with Gasteiger partial charge in [0, 0.05) is 28.2 Å². The fourth-order valence-electron chi connectivity index (χ4n) is 4.16. The lowest BCUT2D eigenvalue weighted by atomic mass is 9.88. The highest BCUT2D eigenvalue weighted by Crippen LogP contribution is 2.48. The Kier molecular flexibility index (Phi) is 2.62. The van der Waals surface area contributed by atoms with E-state index in [4.69, 9.17) is 0 Å². The topological polar surface area (TPSA) is 44.9 Å². The van der Waals surface area contributed by atoms with Crippen LogP contribution in [0.5, 0.6) is 0 Å².